The van der Waals surface area contributed by atoms with Crippen molar-refractivity contribution in [3.05, 3.63) is 42.2 Å². The molecule has 0 bridgehead atoms. The van der Waals surface area contributed by atoms with Crippen LogP contribution in [-0.2, 0) is 12.6 Å². The van der Waals surface area contributed by atoms with Crippen LogP contribution in [0.25, 0.3) is 11.4 Å². The highest BCUT2D eigenvalue weighted by molar-refractivity contribution is 5.56. The zero-order valence-corrected chi connectivity index (χ0v) is 9.94. The predicted octanol–water partition coefficient (Wildman–Crippen LogP) is 2.28. The molecule has 0 atom stereocenters. The summed E-state index contributed by atoms with van der Waals surface area (Å²) >= 11 is 0. The molecule has 16 heavy (non-hydrogen) atoms. The van der Waals surface area contributed by atoms with Crippen LogP contribution in [0.4, 0.5) is 0 Å². The van der Waals surface area contributed by atoms with Crippen LogP contribution >= 0.6 is 0 Å². The molecule has 2 aromatic rings. The lowest BCUT2D eigenvalue weighted by Gasteiger charge is -2.19. The monoisotopic (exact) mass is 215 g/mol. The van der Waals surface area contributed by atoms with Crippen molar-refractivity contribution in [2.24, 2.45) is 12.8 Å². The second kappa shape index (κ2) is 3.76. The zero-order valence-electron chi connectivity index (χ0n) is 9.94. The maximum Gasteiger partial charge on any atom is 0.139 e. The van der Waals surface area contributed by atoms with Crippen LogP contribution in [0.15, 0.2) is 36.7 Å². The Balaban J connectivity index is 2.37. The van der Waals surface area contributed by atoms with Gasteiger partial charge >= 0.3 is 0 Å². The number of benzene rings is 1. The maximum atomic E-state index is 6.03. The van der Waals surface area contributed by atoms with Gasteiger partial charge in [0.15, 0.2) is 0 Å². The second-order valence-electron chi connectivity index (χ2n) is 4.66. The standard InChI is InChI=1S/C13H17N3/c1-13(2,14)11-6-4-10(5-7-11)12-15-8-9-16(12)3/h4-9H,14H2,1-3H3. The Bertz CT molecular complexity index is 475. The van der Waals surface area contributed by atoms with Gasteiger partial charge in [0.25, 0.3) is 0 Å². The van der Waals surface area contributed by atoms with E-state index >= 15 is 0 Å². The minimum atomic E-state index is -0.292. The van der Waals surface area contributed by atoms with Crippen LogP contribution in [0.1, 0.15) is 19.4 Å². The average molecular weight is 215 g/mol. The number of aromatic nitrogens is 2. The van der Waals surface area contributed by atoms with Gasteiger partial charge in [-0.3, -0.25) is 0 Å². The quantitative estimate of drug-likeness (QED) is 0.835. The zero-order chi connectivity index (χ0) is 11.8. The molecule has 84 valence electrons. The van der Waals surface area contributed by atoms with E-state index in [4.69, 9.17) is 5.73 Å². The molecule has 0 unspecified atom stereocenters. The summed E-state index contributed by atoms with van der Waals surface area (Å²) in [5.41, 5.74) is 7.98. The van der Waals surface area contributed by atoms with Crippen molar-refractivity contribution in [3.8, 4) is 11.4 Å². The first-order valence-corrected chi connectivity index (χ1v) is 5.35. The summed E-state index contributed by atoms with van der Waals surface area (Å²) < 4.78 is 2.00. The van der Waals surface area contributed by atoms with Crippen LogP contribution < -0.4 is 5.73 Å². The van der Waals surface area contributed by atoms with E-state index in [1.165, 1.54) is 0 Å². The fraction of sp³-hybridized carbons (Fsp3) is 0.308. The van der Waals surface area contributed by atoms with E-state index in [2.05, 4.69) is 29.2 Å². The lowest BCUT2D eigenvalue weighted by Crippen LogP contribution is -2.28. The molecule has 0 amide bonds. The molecule has 1 aromatic heterocycles. The van der Waals surface area contributed by atoms with Gasteiger partial charge in [-0.25, -0.2) is 4.98 Å². The van der Waals surface area contributed by atoms with Crippen molar-refractivity contribution >= 4 is 0 Å². The molecule has 0 fully saturated rings. The Morgan fingerprint density at radius 2 is 1.81 bits per heavy atom. The second-order valence-corrected chi connectivity index (χ2v) is 4.66. The Morgan fingerprint density at radius 1 is 1.19 bits per heavy atom. The number of aryl methyl sites for hydroxylation is 1. The predicted molar refractivity (Wildman–Crippen MR) is 65.9 cm³/mol. The lowest BCUT2D eigenvalue weighted by atomic mass is 9.95. The van der Waals surface area contributed by atoms with E-state index in [1.54, 1.807) is 6.20 Å². The summed E-state index contributed by atoms with van der Waals surface area (Å²) in [7, 11) is 1.99. The van der Waals surface area contributed by atoms with Crippen molar-refractivity contribution in [2.75, 3.05) is 0 Å². The van der Waals surface area contributed by atoms with E-state index in [1.807, 2.05) is 31.7 Å². The molecule has 3 nitrogen and oxygen atoms in total. The normalized spacial score (nSPS) is 11.8. The third kappa shape index (κ3) is 1.99. The largest absolute Gasteiger partial charge is 0.334 e. The molecule has 2 rings (SSSR count). The molecule has 0 aliphatic rings. The smallest absolute Gasteiger partial charge is 0.139 e. The fourth-order valence-corrected chi connectivity index (χ4v) is 1.69. The van der Waals surface area contributed by atoms with Crippen molar-refractivity contribution in [1.29, 1.82) is 0 Å². The van der Waals surface area contributed by atoms with Gasteiger partial charge in [-0.1, -0.05) is 24.3 Å². The number of rotatable bonds is 2. The number of nitrogens with zero attached hydrogens (tertiary/aromatic N) is 2. The Kier molecular flexibility index (Phi) is 2.56. The van der Waals surface area contributed by atoms with Crippen LogP contribution in [0.5, 0.6) is 0 Å². The highest BCUT2D eigenvalue weighted by Crippen LogP contribution is 2.21. The molecule has 0 aliphatic carbocycles. The molecule has 1 aromatic carbocycles. The first kappa shape index (κ1) is 10.9. The number of hydrogen-bond donors (Lipinski definition) is 1. The molecule has 2 N–H and O–H groups in total. The Morgan fingerprint density at radius 3 is 2.25 bits per heavy atom. The first-order valence-electron chi connectivity index (χ1n) is 5.35. The van der Waals surface area contributed by atoms with Crippen molar-refractivity contribution < 1.29 is 0 Å². The number of imidazole rings is 1. The van der Waals surface area contributed by atoms with E-state index < -0.39 is 0 Å². The summed E-state index contributed by atoms with van der Waals surface area (Å²) in [4.78, 5) is 4.31. The minimum absolute atomic E-state index is 0.292. The highest BCUT2D eigenvalue weighted by Gasteiger charge is 2.13. The molecular formula is C13H17N3. The molecule has 3 heteroatoms. The van der Waals surface area contributed by atoms with Gasteiger partial charge in [0.1, 0.15) is 5.82 Å². The summed E-state index contributed by atoms with van der Waals surface area (Å²) in [6, 6.07) is 8.24. The SMILES string of the molecule is Cn1ccnc1-c1ccc(C(C)(C)N)cc1. The molecule has 1 heterocycles. The van der Waals surface area contributed by atoms with E-state index in [-0.39, 0.29) is 5.54 Å². The molecule has 0 spiro atoms. The molecule has 0 saturated heterocycles. The van der Waals surface area contributed by atoms with E-state index in [0.717, 1.165) is 17.0 Å². The highest BCUT2D eigenvalue weighted by atomic mass is 15.0. The minimum Gasteiger partial charge on any atom is -0.334 e. The molecule has 0 saturated carbocycles. The summed E-state index contributed by atoms with van der Waals surface area (Å²) in [6.07, 6.45) is 3.74. The molecule has 0 radical (unpaired) electrons. The molecule has 0 aliphatic heterocycles. The van der Waals surface area contributed by atoms with Crippen molar-refractivity contribution in [2.45, 2.75) is 19.4 Å². The van der Waals surface area contributed by atoms with Gasteiger partial charge in [0, 0.05) is 30.5 Å². The molecular weight excluding hydrogens is 198 g/mol. The average Bonchev–Trinajstić information content (AvgIpc) is 2.63. The van der Waals surface area contributed by atoms with Crippen LogP contribution in [0, 0.1) is 0 Å². The van der Waals surface area contributed by atoms with Gasteiger partial charge in [0.05, 0.1) is 0 Å². The van der Waals surface area contributed by atoms with E-state index in [0.29, 0.717) is 0 Å². The number of hydrogen-bond acceptors (Lipinski definition) is 2. The van der Waals surface area contributed by atoms with E-state index in [9.17, 15) is 0 Å². The maximum absolute atomic E-state index is 6.03. The topological polar surface area (TPSA) is 43.8 Å². The van der Waals surface area contributed by atoms with Crippen LogP contribution in [0.3, 0.4) is 0 Å². The Hall–Kier alpha value is -1.61. The van der Waals surface area contributed by atoms with Crippen molar-refractivity contribution in [1.82, 2.24) is 9.55 Å². The van der Waals surface area contributed by atoms with Gasteiger partial charge in [-0.15, -0.1) is 0 Å². The summed E-state index contributed by atoms with van der Waals surface area (Å²) in [6.45, 7) is 4.01. The van der Waals surface area contributed by atoms with Crippen LogP contribution in [0.2, 0.25) is 0 Å². The lowest BCUT2D eigenvalue weighted by molar-refractivity contribution is 0.554. The number of nitrogens with two attached hydrogens (primary N) is 1. The first-order chi connectivity index (χ1) is 7.48. The van der Waals surface area contributed by atoms with Gasteiger partial charge < -0.3 is 10.3 Å². The van der Waals surface area contributed by atoms with Gasteiger partial charge in [-0.05, 0) is 19.4 Å². The van der Waals surface area contributed by atoms with Gasteiger partial charge in [-0.2, -0.15) is 0 Å². The van der Waals surface area contributed by atoms with Crippen molar-refractivity contribution in [3.63, 3.8) is 0 Å². The fourth-order valence-electron chi connectivity index (χ4n) is 1.69. The van der Waals surface area contributed by atoms with Crippen LogP contribution in [-0.4, -0.2) is 9.55 Å². The third-order valence-electron chi connectivity index (χ3n) is 2.71. The summed E-state index contributed by atoms with van der Waals surface area (Å²) in [5, 5.41) is 0. The third-order valence-corrected chi connectivity index (χ3v) is 2.71. The summed E-state index contributed by atoms with van der Waals surface area (Å²) in [5.74, 6) is 0.973. The Labute approximate surface area is 95.9 Å². The van der Waals surface area contributed by atoms with Gasteiger partial charge in [0.2, 0.25) is 0 Å².